The van der Waals surface area contributed by atoms with Gasteiger partial charge in [0.2, 0.25) is 0 Å². The quantitative estimate of drug-likeness (QED) is 0.567. The number of amides is 1. The predicted octanol–water partition coefficient (Wildman–Crippen LogP) is 5.30. The summed E-state index contributed by atoms with van der Waals surface area (Å²) in [6.07, 6.45) is 4.59. The van der Waals surface area contributed by atoms with Gasteiger partial charge < -0.3 is 20.1 Å². The molecule has 6 heteroatoms. The van der Waals surface area contributed by atoms with Gasteiger partial charge in [0.05, 0.1) is 31.0 Å². The van der Waals surface area contributed by atoms with Crippen LogP contribution in [0.3, 0.4) is 0 Å². The summed E-state index contributed by atoms with van der Waals surface area (Å²) in [5.74, 6) is 2.37. The molecular formula is C25H29N3O3. The maximum absolute atomic E-state index is 13.3. The number of hydrogen-bond donors (Lipinski definition) is 2. The number of para-hydroxylation sites is 1. The molecule has 0 saturated heterocycles. The van der Waals surface area contributed by atoms with Gasteiger partial charge in [0, 0.05) is 17.5 Å². The zero-order valence-electron chi connectivity index (χ0n) is 18.3. The molecular weight excluding hydrogens is 390 g/mol. The van der Waals surface area contributed by atoms with Crippen molar-refractivity contribution >= 4 is 28.3 Å². The highest BCUT2D eigenvalue weighted by atomic mass is 16.5. The molecule has 0 bridgehead atoms. The highest BCUT2D eigenvalue weighted by Gasteiger charge is 2.24. The van der Waals surface area contributed by atoms with Gasteiger partial charge in [-0.05, 0) is 43.0 Å². The molecule has 0 radical (unpaired) electrons. The van der Waals surface area contributed by atoms with Crippen molar-refractivity contribution < 1.29 is 14.3 Å². The van der Waals surface area contributed by atoms with Crippen molar-refractivity contribution in [3.05, 3.63) is 54.1 Å². The van der Waals surface area contributed by atoms with Crippen LogP contribution in [0.1, 0.15) is 43.0 Å². The van der Waals surface area contributed by atoms with Crippen molar-refractivity contribution in [1.82, 2.24) is 10.3 Å². The average Bonchev–Trinajstić information content (AvgIpc) is 2.80. The van der Waals surface area contributed by atoms with Crippen LogP contribution in [0.2, 0.25) is 0 Å². The van der Waals surface area contributed by atoms with Gasteiger partial charge >= 0.3 is 0 Å². The van der Waals surface area contributed by atoms with E-state index in [0.717, 1.165) is 35.9 Å². The molecule has 4 rings (SSSR count). The molecule has 1 heterocycles. The normalized spacial score (nSPS) is 18.4. The molecule has 162 valence electrons. The molecule has 31 heavy (non-hydrogen) atoms. The topological polar surface area (TPSA) is 72.5 Å². The molecule has 1 amide bonds. The number of anilines is 2. The average molecular weight is 420 g/mol. The number of carbonyl (C=O) groups excluding carboxylic acids is 1. The molecule has 1 fully saturated rings. The molecule has 0 spiro atoms. The van der Waals surface area contributed by atoms with Crippen LogP contribution in [0.5, 0.6) is 11.5 Å². The van der Waals surface area contributed by atoms with E-state index in [-0.39, 0.29) is 11.9 Å². The third kappa shape index (κ3) is 4.58. The van der Waals surface area contributed by atoms with Crippen molar-refractivity contribution in [2.45, 2.75) is 38.6 Å². The largest absolute Gasteiger partial charge is 0.497 e. The second-order valence-corrected chi connectivity index (χ2v) is 8.11. The Hall–Kier alpha value is -3.28. The fraction of sp³-hybridized carbons (Fsp3) is 0.360. The number of pyridine rings is 1. The van der Waals surface area contributed by atoms with Gasteiger partial charge in [0.15, 0.2) is 0 Å². The van der Waals surface area contributed by atoms with Crippen LogP contribution in [0, 0.1) is 5.92 Å². The van der Waals surface area contributed by atoms with Crippen molar-refractivity contribution in [2.24, 2.45) is 5.92 Å². The number of nitrogens with one attached hydrogen (secondary N) is 2. The van der Waals surface area contributed by atoms with Crippen molar-refractivity contribution in [3.8, 4) is 11.5 Å². The third-order valence-electron chi connectivity index (χ3n) is 6.06. The summed E-state index contributed by atoms with van der Waals surface area (Å²) >= 11 is 0. The van der Waals surface area contributed by atoms with Crippen LogP contribution in [-0.2, 0) is 0 Å². The standard InChI is InChI=1S/C25H29N3O3/c1-16-8-4-6-10-20(16)28-25(29)19-15-24(26-21-11-7-5-9-18(19)21)27-22-13-12-17(30-2)14-23(22)31-3/h5,7,9,11-16,20H,4,6,8,10H2,1-3H3,(H,26,27)(H,28,29)/t16-,20+/m1/s1. The number of benzene rings is 2. The Labute approximate surface area is 183 Å². The summed E-state index contributed by atoms with van der Waals surface area (Å²) in [4.78, 5) is 18.0. The monoisotopic (exact) mass is 419 g/mol. The SMILES string of the molecule is COc1ccc(Nc2cc(C(=O)N[C@H]3CCCC[C@H]3C)c3ccccc3n2)c(OC)c1. The van der Waals surface area contributed by atoms with Crippen molar-refractivity contribution in [1.29, 1.82) is 0 Å². The Balaban J connectivity index is 1.67. The number of carbonyl (C=O) groups is 1. The lowest BCUT2D eigenvalue weighted by molar-refractivity contribution is 0.0912. The van der Waals surface area contributed by atoms with Crippen molar-refractivity contribution in [2.75, 3.05) is 19.5 Å². The zero-order chi connectivity index (χ0) is 21.8. The number of fused-ring (bicyclic) bond motifs is 1. The Morgan fingerprint density at radius 1 is 1.03 bits per heavy atom. The van der Waals surface area contributed by atoms with E-state index in [1.54, 1.807) is 14.2 Å². The minimum Gasteiger partial charge on any atom is -0.497 e. The van der Waals surface area contributed by atoms with E-state index >= 15 is 0 Å². The number of nitrogens with zero attached hydrogens (tertiary/aromatic N) is 1. The molecule has 2 atom stereocenters. The van der Waals surface area contributed by atoms with Crippen LogP contribution in [0.15, 0.2) is 48.5 Å². The third-order valence-corrected chi connectivity index (χ3v) is 6.06. The Morgan fingerprint density at radius 3 is 2.61 bits per heavy atom. The molecule has 1 aliphatic rings. The number of ether oxygens (including phenoxy) is 2. The van der Waals surface area contributed by atoms with E-state index in [2.05, 4.69) is 17.6 Å². The van der Waals surface area contributed by atoms with Crippen LogP contribution in [0.4, 0.5) is 11.5 Å². The van der Waals surface area contributed by atoms with E-state index < -0.39 is 0 Å². The molecule has 1 saturated carbocycles. The second-order valence-electron chi connectivity index (χ2n) is 8.11. The van der Waals surface area contributed by atoms with E-state index in [1.807, 2.05) is 48.5 Å². The molecule has 2 N–H and O–H groups in total. The summed E-state index contributed by atoms with van der Waals surface area (Å²) in [7, 11) is 3.23. The lowest BCUT2D eigenvalue weighted by Gasteiger charge is -2.29. The van der Waals surface area contributed by atoms with Gasteiger partial charge in [0.1, 0.15) is 17.3 Å². The second kappa shape index (κ2) is 9.25. The van der Waals surface area contributed by atoms with E-state index in [4.69, 9.17) is 14.5 Å². The van der Waals surface area contributed by atoms with Gasteiger partial charge in [-0.25, -0.2) is 4.98 Å². The molecule has 6 nitrogen and oxygen atoms in total. The summed E-state index contributed by atoms with van der Waals surface area (Å²) in [6, 6.07) is 15.3. The first-order chi connectivity index (χ1) is 15.1. The highest BCUT2D eigenvalue weighted by molar-refractivity contribution is 6.07. The number of aromatic nitrogens is 1. The molecule has 1 aliphatic carbocycles. The molecule has 2 aromatic carbocycles. The minimum absolute atomic E-state index is 0.0536. The summed E-state index contributed by atoms with van der Waals surface area (Å²) in [5.41, 5.74) is 2.14. The Bertz CT molecular complexity index is 1080. The van der Waals surface area contributed by atoms with E-state index in [9.17, 15) is 4.79 Å². The smallest absolute Gasteiger partial charge is 0.252 e. The van der Waals surface area contributed by atoms with E-state index in [1.165, 1.54) is 6.42 Å². The maximum Gasteiger partial charge on any atom is 0.252 e. The van der Waals surface area contributed by atoms with Crippen LogP contribution in [-0.4, -0.2) is 31.2 Å². The molecule has 0 unspecified atom stereocenters. The van der Waals surface area contributed by atoms with Gasteiger partial charge in [0.25, 0.3) is 5.91 Å². The lowest BCUT2D eigenvalue weighted by atomic mass is 9.86. The number of rotatable bonds is 6. The summed E-state index contributed by atoms with van der Waals surface area (Å²) < 4.78 is 10.8. The minimum atomic E-state index is -0.0536. The Kier molecular flexibility index (Phi) is 6.26. The first-order valence-corrected chi connectivity index (χ1v) is 10.8. The van der Waals surface area contributed by atoms with Gasteiger partial charge in [-0.3, -0.25) is 4.79 Å². The molecule has 1 aromatic heterocycles. The fourth-order valence-corrected chi connectivity index (χ4v) is 4.24. The summed E-state index contributed by atoms with van der Waals surface area (Å²) in [5, 5.41) is 7.42. The highest BCUT2D eigenvalue weighted by Crippen LogP contribution is 2.32. The van der Waals surface area contributed by atoms with Gasteiger partial charge in [-0.15, -0.1) is 0 Å². The van der Waals surface area contributed by atoms with Crippen LogP contribution in [0.25, 0.3) is 10.9 Å². The molecule has 3 aromatic rings. The Morgan fingerprint density at radius 2 is 1.84 bits per heavy atom. The van der Waals surface area contributed by atoms with Gasteiger partial charge in [-0.1, -0.05) is 38.0 Å². The number of methoxy groups -OCH3 is 2. The van der Waals surface area contributed by atoms with Crippen LogP contribution >= 0.6 is 0 Å². The predicted molar refractivity (Wildman–Crippen MR) is 123 cm³/mol. The first-order valence-electron chi connectivity index (χ1n) is 10.8. The van der Waals surface area contributed by atoms with Crippen LogP contribution < -0.4 is 20.1 Å². The zero-order valence-corrected chi connectivity index (χ0v) is 18.3. The maximum atomic E-state index is 13.3. The lowest BCUT2D eigenvalue weighted by Crippen LogP contribution is -2.41. The fourth-order valence-electron chi connectivity index (χ4n) is 4.24. The van der Waals surface area contributed by atoms with Gasteiger partial charge in [-0.2, -0.15) is 0 Å². The van der Waals surface area contributed by atoms with Crippen molar-refractivity contribution in [3.63, 3.8) is 0 Å². The first kappa shape index (κ1) is 21.0. The summed E-state index contributed by atoms with van der Waals surface area (Å²) in [6.45, 7) is 2.22. The number of hydrogen-bond acceptors (Lipinski definition) is 5. The van der Waals surface area contributed by atoms with E-state index in [0.29, 0.717) is 28.8 Å². The molecule has 0 aliphatic heterocycles.